The Balaban J connectivity index is 1.60. The van der Waals surface area contributed by atoms with E-state index in [0.29, 0.717) is 30.7 Å². The summed E-state index contributed by atoms with van der Waals surface area (Å²) >= 11 is 3.27. The second kappa shape index (κ2) is 10.7. The number of benzene rings is 2. The number of rotatable bonds is 8. The van der Waals surface area contributed by atoms with Gasteiger partial charge in [0, 0.05) is 42.3 Å². The maximum absolute atomic E-state index is 13.1. The van der Waals surface area contributed by atoms with Gasteiger partial charge in [-0.15, -0.1) is 0 Å². The van der Waals surface area contributed by atoms with Crippen LogP contribution in [0.15, 0.2) is 46.9 Å². The van der Waals surface area contributed by atoms with Gasteiger partial charge in [-0.05, 0) is 42.3 Å². The van der Waals surface area contributed by atoms with Gasteiger partial charge in [-0.2, -0.15) is 8.42 Å². The van der Waals surface area contributed by atoms with E-state index in [0.717, 1.165) is 12.0 Å². The molecule has 1 saturated heterocycles. The molecule has 0 spiro atoms. The van der Waals surface area contributed by atoms with Gasteiger partial charge >= 0.3 is 0 Å². The predicted molar refractivity (Wildman–Crippen MR) is 122 cm³/mol. The van der Waals surface area contributed by atoms with E-state index >= 15 is 0 Å². The molecule has 0 bridgehead atoms. The fraction of sp³-hybridized carbons (Fsp3) is 0.409. The number of amides is 1. The highest BCUT2D eigenvalue weighted by molar-refractivity contribution is 9.10. The van der Waals surface area contributed by atoms with Gasteiger partial charge < -0.3 is 9.64 Å². The molecule has 0 aromatic heterocycles. The van der Waals surface area contributed by atoms with Gasteiger partial charge in [0.25, 0.3) is 16.0 Å². The van der Waals surface area contributed by atoms with Gasteiger partial charge in [0.15, 0.2) is 6.61 Å². The fourth-order valence-electron chi connectivity index (χ4n) is 3.81. The van der Waals surface area contributed by atoms with Gasteiger partial charge in [-0.3, -0.25) is 14.2 Å². The normalized spacial score (nSPS) is 17.4. The molecule has 3 rings (SSSR count). The highest BCUT2D eigenvalue weighted by Gasteiger charge is 2.29. The van der Waals surface area contributed by atoms with Crippen molar-refractivity contribution < 1.29 is 26.9 Å². The van der Waals surface area contributed by atoms with Crippen molar-refractivity contribution in [3.8, 4) is 5.75 Å². The Morgan fingerprint density at radius 2 is 1.94 bits per heavy atom. The zero-order valence-electron chi connectivity index (χ0n) is 17.7. The van der Waals surface area contributed by atoms with E-state index in [2.05, 4.69) is 20.8 Å². The van der Waals surface area contributed by atoms with Crippen molar-refractivity contribution in [2.45, 2.75) is 31.7 Å². The first kappa shape index (κ1) is 24.6. The third-order valence-corrected chi connectivity index (χ3v) is 6.56. The van der Waals surface area contributed by atoms with E-state index < -0.39 is 15.9 Å². The Kier molecular flexibility index (Phi) is 8.26. The second-order valence-electron chi connectivity index (χ2n) is 7.78. The Labute approximate surface area is 196 Å². The van der Waals surface area contributed by atoms with Crippen LogP contribution < -0.4 is 4.74 Å². The molecule has 2 aromatic rings. The minimum atomic E-state index is -4.25. The van der Waals surface area contributed by atoms with E-state index in [1.165, 1.54) is 18.2 Å². The van der Waals surface area contributed by atoms with Gasteiger partial charge in [0.1, 0.15) is 17.3 Å². The molecule has 1 fully saturated rings. The summed E-state index contributed by atoms with van der Waals surface area (Å²) in [5, 5.41) is 0. The predicted octanol–water partition coefficient (Wildman–Crippen LogP) is 3.48. The number of piperazine rings is 1. The summed E-state index contributed by atoms with van der Waals surface area (Å²) in [5.74, 6) is -0.808. The molecule has 1 atom stereocenters. The average Bonchev–Trinajstić information content (AvgIpc) is 2.73. The molecule has 10 heteroatoms. The first-order valence-corrected chi connectivity index (χ1v) is 12.7. The van der Waals surface area contributed by atoms with E-state index in [4.69, 9.17) is 4.74 Å². The zero-order chi connectivity index (χ0) is 23.3. The van der Waals surface area contributed by atoms with Crippen LogP contribution in [0.4, 0.5) is 4.39 Å². The lowest BCUT2D eigenvalue weighted by Gasteiger charge is -2.41. The monoisotopic (exact) mass is 528 g/mol. The van der Waals surface area contributed by atoms with Crippen molar-refractivity contribution in [3.63, 3.8) is 0 Å². The van der Waals surface area contributed by atoms with E-state index in [9.17, 15) is 22.2 Å². The fourth-order valence-corrected chi connectivity index (χ4v) is 4.84. The average molecular weight is 529 g/mol. The zero-order valence-corrected chi connectivity index (χ0v) is 20.1. The number of halogens is 2. The lowest BCUT2D eigenvalue weighted by Crippen LogP contribution is -2.55. The number of nitrogens with zero attached hydrogens (tertiary/aromatic N) is 2. The van der Waals surface area contributed by atoms with E-state index in [1.54, 1.807) is 29.2 Å². The van der Waals surface area contributed by atoms with Crippen molar-refractivity contribution in [1.82, 2.24) is 9.80 Å². The van der Waals surface area contributed by atoms with Crippen LogP contribution in [0.5, 0.6) is 5.75 Å². The maximum Gasteiger partial charge on any atom is 0.269 e. The molecule has 2 aromatic carbocycles. The Morgan fingerprint density at radius 3 is 2.59 bits per heavy atom. The molecule has 1 amide bonds. The van der Waals surface area contributed by atoms with Gasteiger partial charge in [0.05, 0.1) is 0 Å². The van der Waals surface area contributed by atoms with E-state index in [1.807, 2.05) is 6.92 Å². The second-order valence-corrected chi connectivity index (χ2v) is 10.1. The molecule has 0 unspecified atom stereocenters. The Bertz CT molecular complexity index is 1050. The number of carbonyl (C=O) groups is 1. The molecule has 7 nitrogen and oxygen atoms in total. The minimum Gasteiger partial charge on any atom is -0.483 e. The van der Waals surface area contributed by atoms with Crippen LogP contribution in [-0.4, -0.2) is 61.0 Å². The standard InChI is InChI=1S/C22H26BrFN2O5S/c1-2-20-13-25(12-16-3-6-19(24)7-4-16)9-10-26(20)22(27)14-31-21-8-5-18(23)11-17(21)15-32(28,29)30/h3-8,11,20H,2,9-10,12-15H2,1H3,(H,28,29,30)/t20-/m1/s1. The summed E-state index contributed by atoms with van der Waals surface area (Å²) in [6, 6.07) is 11.2. The lowest BCUT2D eigenvalue weighted by molar-refractivity contribution is -0.138. The lowest BCUT2D eigenvalue weighted by atomic mass is 10.1. The molecular weight excluding hydrogens is 503 g/mol. The molecule has 32 heavy (non-hydrogen) atoms. The number of hydrogen-bond donors (Lipinski definition) is 1. The van der Waals surface area contributed by atoms with Crippen LogP contribution in [0, 0.1) is 5.82 Å². The van der Waals surface area contributed by atoms with Gasteiger partial charge in [0.2, 0.25) is 0 Å². The van der Waals surface area contributed by atoms with Crippen molar-refractivity contribution in [1.29, 1.82) is 0 Å². The summed E-state index contributed by atoms with van der Waals surface area (Å²) in [7, 11) is -4.25. The van der Waals surface area contributed by atoms with Crippen molar-refractivity contribution >= 4 is 32.0 Å². The van der Waals surface area contributed by atoms with Crippen LogP contribution in [0.1, 0.15) is 24.5 Å². The molecule has 0 aliphatic carbocycles. The summed E-state index contributed by atoms with van der Waals surface area (Å²) in [5.41, 5.74) is 1.29. The van der Waals surface area contributed by atoms with Crippen molar-refractivity contribution in [2.24, 2.45) is 0 Å². The van der Waals surface area contributed by atoms with Crippen LogP contribution in [0.2, 0.25) is 0 Å². The third kappa shape index (κ3) is 6.99. The van der Waals surface area contributed by atoms with E-state index in [-0.39, 0.29) is 35.7 Å². The highest BCUT2D eigenvalue weighted by atomic mass is 79.9. The third-order valence-electron chi connectivity index (χ3n) is 5.39. The summed E-state index contributed by atoms with van der Waals surface area (Å²) in [6.07, 6.45) is 0.776. The summed E-state index contributed by atoms with van der Waals surface area (Å²) < 4.78 is 51.2. The minimum absolute atomic E-state index is 0.0162. The first-order chi connectivity index (χ1) is 15.1. The SMILES string of the molecule is CC[C@@H]1CN(Cc2ccc(F)cc2)CCN1C(=O)COc1ccc(Br)cc1CS(=O)(=O)O. The van der Waals surface area contributed by atoms with Crippen LogP contribution in [0.3, 0.4) is 0 Å². The quantitative estimate of drug-likeness (QED) is 0.527. The van der Waals surface area contributed by atoms with Gasteiger partial charge in [-0.25, -0.2) is 4.39 Å². The molecular formula is C22H26BrFN2O5S. The topological polar surface area (TPSA) is 87.2 Å². The highest BCUT2D eigenvalue weighted by Crippen LogP contribution is 2.25. The molecule has 0 saturated carbocycles. The van der Waals surface area contributed by atoms with Crippen LogP contribution in [-0.2, 0) is 27.2 Å². The molecule has 1 N–H and O–H groups in total. The summed E-state index contributed by atoms with van der Waals surface area (Å²) in [4.78, 5) is 16.9. The molecule has 174 valence electrons. The first-order valence-electron chi connectivity index (χ1n) is 10.3. The number of hydrogen-bond acceptors (Lipinski definition) is 5. The molecule has 1 aliphatic heterocycles. The maximum atomic E-state index is 13.1. The Morgan fingerprint density at radius 1 is 1.22 bits per heavy atom. The number of ether oxygens (including phenoxy) is 1. The van der Waals surface area contributed by atoms with Crippen LogP contribution >= 0.6 is 15.9 Å². The van der Waals surface area contributed by atoms with Crippen molar-refractivity contribution in [3.05, 3.63) is 63.9 Å². The van der Waals surface area contributed by atoms with Gasteiger partial charge in [-0.1, -0.05) is 35.0 Å². The summed E-state index contributed by atoms with van der Waals surface area (Å²) in [6.45, 7) is 4.41. The van der Waals surface area contributed by atoms with Crippen molar-refractivity contribution in [2.75, 3.05) is 26.2 Å². The molecule has 0 radical (unpaired) electrons. The molecule has 1 aliphatic rings. The largest absolute Gasteiger partial charge is 0.483 e. The van der Waals surface area contributed by atoms with Crippen LogP contribution in [0.25, 0.3) is 0 Å². The Hall–Kier alpha value is -2.01. The smallest absolute Gasteiger partial charge is 0.269 e. The number of carbonyl (C=O) groups excluding carboxylic acids is 1. The molecule has 1 heterocycles.